The zero-order valence-electron chi connectivity index (χ0n) is 13.7. The van der Waals surface area contributed by atoms with E-state index in [1.807, 2.05) is 42.6 Å². The number of esters is 1. The molecule has 0 spiro atoms. The number of ether oxygens (including phenoxy) is 1. The fraction of sp³-hybridized carbons (Fsp3) is 0.250. The molecular weight excluding hydrogens is 336 g/mol. The van der Waals surface area contributed by atoms with Crippen molar-refractivity contribution >= 4 is 28.5 Å². The highest BCUT2D eigenvalue weighted by Gasteiger charge is 2.28. The lowest BCUT2D eigenvalue weighted by molar-refractivity contribution is -0.139. The summed E-state index contributed by atoms with van der Waals surface area (Å²) >= 11 is 6.48. The molecular formula is C20H19ClN2O2. The Bertz CT molecular complexity index is 905. The predicted molar refractivity (Wildman–Crippen MR) is 99.0 cm³/mol. The molecule has 25 heavy (non-hydrogen) atoms. The number of hydrogen-bond acceptors (Lipinski definition) is 3. The second-order valence-electron chi connectivity index (χ2n) is 6.28. The van der Waals surface area contributed by atoms with Crippen molar-refractivity contribution in [3.63, 3.8) is 0 Å². The average Bonchev–Trinajstić information content (AvgIpc) is 3.23. The summed E-state index contributed by atoms with van der Waals surface area (Å²) in [5.41, 5.74) is 3.31. The lowest BCUT2D eigenvalue weighted by Gasteiger charge is -2.20. The number of carbonyl (C=O) groups excluding carboxylic acids is 1. The minimum absolute atomic E-state index is 0.0400. The topological polar surface area (TPSA) is 54.1 Å². The molecule has 1 fully saturated rings. The number of rotatable bonds is 5. The Morgan fingerprint density at radius 2 is 1.96 bits per heavy atom. The van der Waals surface area contributed by atoms with Gasteiger partial charge in [-0.3, -0.25) is 4.79 Å². The number of nitrogens with one attached hydrogen (secondary N) is 2. The van der Waals surface area contributed by atoms with E-state index in [0.717, 1.165) is 16.1 Å². The molecule has 4 nitrogen and oxygen atoms in total. The Labute approximate surface area is 151 Å². The molecule has 0 unspecified atom stereocenters. The summed E-state index contributed by atoms with van der Waals surface area (Å²) in [6.45, 7) is 1.10. The minimum atomic E-state index is -0.241. The first-order valence-electron chi connectivity index (χ1n) is 8.44. The van der Waals surface area contributed by atoms with Gasteiger partial charge in [0.05, 0.1) is 6.61 Å². The summed E-state index contributed by atoms with van der Waals surface area (Å²) < 4.78 is 5.05. The Morgan fingerprint density at radius 3 is 2.76 bits per heavy atom. The van der Waals surface area contributed by atoms with Gasteiger partial charge in [-0.1, -0.05) is 48.0 Å². The fourth-order valence-electron chi connectivity index (χ4n) is 3.47. The third-order valence-electron chi connectivity index (χ3n) is 4.78. The highest BCUT2D eigenvalue weighted by atomic mass is 35.5. The summed E-state index contributed by atoms with van der Waals surface area (Å²) in [5, 5.41) is 5.26. The molecule has 0 bridgehead atoms. The first-order valence-corrected chi connectivity index (χ1v) is 8.82. The number of para-hydroxylation sites is 1. The maximum Gasteiger partial charge on any atom is 0.323 e. The molecule has 1 aliphatic rings. The summed E-state index contributed by atoms with van der Waals surface area (Å²) in [6.07, 6.45) is 2.75. The van der Waals surface area contributed by atoms with E-state index in [-0.39, 0.29) is 17.9 Å². The van der Waals surface area contributed by atoms with Crippen LogP contribution in [0.1, 0.15) is 23.5 Å². The van der Waals surface area contributed by atoms with Crippen LogP contribution in [0.3, 0.4) is 0 Å². The van der Waals surface area contributed by atoms with Gasteiger partial charge in [-0.2, -0.15) is 0 Å². The molecule has 0 amide bonds. The maximum absolute atomic E-state index is 11.8. The third kappa shape index (κ3) is 3.15. The third-order valence-corrected chi connectivity index (χ3v) is 5.13. The van der Waals surface area contributed by atoms with E-state index < -0.39 is 0 Å². The number of cyclic esters (lactones) is 1. The zero-order chi connectivity index (χ0) is 17.2. The largest absolute Gasteiger partial charge is 0.464 e. The number of fused-ring (bicyclic) bond motifs is 1. The Morgan fingerprint density at radius 1 is 1.16 bits per heavy atom. The standard InChI is InChI=1S/C20H19ClN2O2/c21-17-7-3-1-5-13(17)15(11-23-19-9-10-25-20(19)24)16-12-22-18-8-4-2-6-14(16)18/h1-8,12,15,19,22-23H,9-11H2/t15-,19-/m1/s1. The number of hydrogen-bond donors (Lipinski definition) is 2. The van der Waals surface area contributed by atoms with Crippen LogP contribution >= 0.6 is 11.6 Å². The minimum Gasteiger partial charge on any atom is -0.464 e. The molecule has 2 atom stereocenters. The van der Waals surface area contributed by atoms with Gasteiger partial charge in [0.2, 0.25) is 0 Å². The van der Waals surface area contributed by atoms with Crippen LogP contribution in [0.2, 0.25) is 5.02 Å². The molecule has 1 aromatic heterocycles. The first-order chi connectivity index (χ1) is 12.2. The lowest BCUT2D eigenvalue weighted by Crippen LogP contribution is -2.36. The molecule has 0 aliphatic carbocycles. The number of carbonyl (C=O) groups is 1. The van der Waals surface area contributed by atoms with E-state index >= 15 is 0 Å². The first kappa shape index (κ1) is 16.2. The van der Waals surface area contributed by atoms with Gasteiger partial charge in [-0.15, -0.1) is 0 Å². The molecule has 3 aromatic rings. The average molecular weight is 355 g/mol. The van der Waals surface area contributed by atoms with Crippen molar-refractivity contribution in [1.29, 1.82) is 0 Å². The normalized spacial score (nSPS) is 18.4. The van der Waals surface area contributed by atoms with Gasteiger partial charge in [-0.25, -0.2) is 0 Å². The van der Waals surface area contributed by atoms with Crippen LogP contribution < -0.4 is 5.32 Å². The number of aromatic nitrogens is 1. The van der Waals surface area contributed by atoms with Crippen LogP contribution in [0.25, 0.3) is 10.9 Å². The van der Waals surface area contributed by atoms with Crippen molar-refractivity contribution in [2.75, 3.05) is 13.2 Å². The Balaban J connectivity index is 1.71. The molecule has 5 heteroatoms. The Hall–Kier alpha value is -2.30. The van der Waals surface area contributed by atoms with Gasteiger partial charge in [0.1, 0.15) is 6.04 Å². The maximum atomic E-state index is 11.8. The zero-order valence-corrected chi connectivity index (χ0v) is 14.4. The lowest BCUT2D eigenvalue weighted by atomic mass is 9.90. The van der Waals surface area contributed by atoms with E-state index in [1.165, 1.54) is 10.9 Å². The van der Waals surface area contributed by atoms with Crippen molar-refractivity contribution in [3.05, 3.63) is 70.9 Å². The van der Waals surface area contributed by atoms with Crippen molar-refractivity contribution in [3.8, 4) is 0 Å². The van der Waals surface area contributed by atoms with E-state index in [1.54, 1.807) is 0 Å². The van der Waals surface area contributed by atoms with Crippen molar-refractivity contribution < 1.29 is 9.53 Å². The smallest absolute Gasteiger partial charge is 0.323 e. The number of benzene rings is 2. The molecule has 2 aromatic carbocycles. The highest BCUT2D eigenvalue weighted by molar-refractivity contribution is 6.31. The van der Waals surface area contributed by atoms with Crippen molar-refractivity contribution in [1.82, 2.24) is 10.3 Å². The molecule has 4 rings (SSSR count). The van der Waals surface area contributed by atoms with Gasteiger partial charge >= 0.3 is 5.97 Å². The van der Waals surface area contributed by atoms with Crippen LogP contribution in [-0.4, -0.2) is 30.1 Å². The highest BCUT2D eigenvalue weighted by Crippen LogP contribution is 2.34. The second kappa shape index (κ2) is 6.90. The molecule has 0 saturated carbocycles. The van der Waals surface area contributed by atoms with E-state index in [2.05, 4.69) is 22.4 Å². The van der Waals surface area contributed by atoms with Gasteiger partial charge in [0, 0.05) is 41.0 Å². The summed E-state index contributed by atoms with van der Waals surface area (Å²) in [7, 11) is 0. The Kier molecular flexibility index (Phi) is 4.47. The number of H-pyrrole nitrogens is 1. The van der Waals surface area contributed by atoms with Crippen LogP contribution in [-0.2, 0) is 9.53 Å². The number of halogens is 1. The van der Waals surface area contributed by atoms with Crippen LogP contribution in [0.4, 0.5) is 0 Å². The summed E-state index contributed by atoms with van der Waals surface area (Å²) in [5.74, 6) is -0.130. The molecule has 2 N–H and O–H groups in total. The molecule has 0 radical (unpaired) electrons. The van der Waals surface area contributed by atoms with Crippen LogP contribution in [0.15, 0.2) is 54.7 Å². The van der Waals surface area contributed by atoms with Crippen LogP contribution in [0.5, 0.6) is 0 Å². The van der Waals surface area contributed by atoms with Gasteiger partial charge < -0.3 is 15.0 Å². The molecule has 1 saturated heterocycles. The molecule has 2 heterocycles. The van der Waals surface area contributed by atoms with Gasteiger partial charge in [0.15, 0.2) is 0 Å². The summed E-state index contributed by atoms with van der Waals surface area (Å²) in [6, 6.07) is 15.8. The fourth-order valence-corrected chi connectivity index (χ4v) is 3.74. The monoisotopic (exact) mass is 354 g/mol. The van der Waals surface area contributed by atoms with Crippen molar-refractivity contribution in [2.45, 2.75) is 18.4 Å². The molecule has 128 valence electrons. The van der Waals surface area contributed by atoms with Gasteiger partial charge in [-0.05, 0) is 23.3 Å². The van der Waals surface area contributed by atoms with Crippen LogP contribution in [0, 0.1) is 0 Å². The van der Waals surface area contributed by atoms with Gasteiger partial charge in [0.25, 0.3) is 0 Å². The van der Waals surface area contributed by atoms with E-state index in [0.29, 0.717) is 19.6 Å². The second-order valence-corrected chi connectivity index (χ2v) is 6.69. The molecule has 1 aliphatic heterocycles. The number of aromatic amines is 1. The van der Waals surface area contributed by atoms with E-state index in [4.69, 9.17) is 16.3 Å². The SMILES string of the molecule is O=C1OCC[C@H]1NC[C@H](c1ccccc1Cl)c1c[nH]c2ccccc12. The quantitative estimate of drug-likeness (QED) is 0.684. The van der Waals surface area contributed by atoms with Crippen molar-refractivity contribution in [2.24, 2.45) is 0 Å². The summed E-state index contributed by atoms with van der Waals surface area (Å²) in [4.78, 5) is 15.1. The van der Waals surface area contributed by atoms with E-state index in [9.17, 15) is 4.79 Å². The predicted octanol–water partition coefficient (Wildman–Crippen LogP) is 3.86.